The van der Waals surface area contributed by atoms with Crippen LogP contribution in [-0.2, 0) is 20.0 Å². The standard InChI is InChI=1S/C6H14N2.C2F6NO4S2/c1-7-3-5-8(2)6-4-7;3-1(4,5)14(10,11)9-15(12,13)2(6,7)8/h3-6H2,1-2H3;/q;-1/p+1. The van der Waals surface area contributed by atoms with Crippen molar-refractivity contribution in [2.24, 2.45) is 0 Å². The molecule has 0 spiro atoms. The molecule has 0 aliphatic carbocycles. The molecule has 0 aromatic heterocycles. The Morgan fingerprint density at radius 2 is 1.17 bits per heavy atom. The third-order valence-electron chi connectivity index (χ3n) is 2.62. The SMILES string of the molecule is CN1CC[NH+](C)CC1.O=S(=O)([N-]S(=O)(=O)C(F)(F)F)C(F)(F)F. The van der Waals surface area contributed by atoms with Gasteiger partial charge in [-0.1, -0.05) is 0 Å². The summed E-state index contributed by atoms with van der Waals surface area (Å²) in [6.07, 6.45) is 0. The van der Waals surface area contributed by atoms with Crippen LogP contribution in [0, 0.1) is 0 Å². The van der Waals surface area contributed by atoms with Gasteiger partial charge in [-0.2, -0.15) is 26.3 Å². The zero-order valence-corrected chi connectivity index (χ0v) is 13.6. The first-order valence-corrected chi connectivity index (χ1v) is 8.74. The zero-order valence-electron chi connectivity index (χ0n) is 11.9. The summed E-state index contributed by atoms with van der Waals surface area (Å²) in [5.74, 6) is 0. The molecular formula is C8H15F6N3O4S2. The van der Waals surface area contributed by atoms with E-state index in [1.54, 1.807) is 4.90 Å². The highest BCUT2D eigenvalue weighted by molar-refractivity contribution is 8.13. The maximum absolute atomic E-state index is 11.4. The highest BCUT2D eigenvalue weighted by atomic mass is 32.3. The molecule has 1 heterocycles. The van der Waals surface area contributed by atoms with Crippen molar-refractivity contribution in [3.8, 4) is 0 Å². The fourth-order valence-corrected chi connectivity index (χ4v) is 2.92. The zero-order chi connectivity index (χ0) is 18.7. The normalized spacial score (nSPS) is 19.1. The number of hydrogen-bond acceptors (Lipinski definition) is 5. The summed E-state index contributed by atoms with van der Waals surface area (Å²) in [5.41, 5.74) is -12.4. The van der Waals surface area contributed by atoms with E-state index in [1.165, 1.54) is 26.2 Å². The predicted octanol–water partition coefficient (Wildman–Crippen LogP) is -0.494. The van der Waals surface area contributed by atoms with Gasteiger partial charge >= 0.3 is 11.0 Å². The van der Waals surface area contributed by atoms with Gasteiger partial charge in [-0.15, -0.1) is 0 Å². The largest absolute Gasteiger partial charge is 0.480 e. The maximum Gasteiger partial charge on any atom is 0.480 e. The number of piperazine rings is 1. The molecule has 0 aromatic rings. The van der Waals surface area contributed by atoms with Crippen molar-refractivity contribution in [2.45, 2.75) is 11.0 Å². The average molecular weight is 395 g/mol. The third kappa shape index (κ3) is 7.19. The van der Waals surface area contributed by atoms with E-state index in [2.05, 4.69) is 19.0 Å². The maximum atomic E-state index is 11.4. The number of likely N-dealkylation sites (N-methyl/N-ethyl adjacent to an activating group) is 2. The van der Waals surface area contributed by atoms with Crippen LogP contribution < -0.4 is 4.90 Å². The number of halogens is 6. The number of nitrogens with zero attached hydrogens (tertiary/aromatic N) is 2. The molecule has 1 rings (SSSR count). The molecule has 23 heavy (non-hydrogen) atoms. The van der Waals surface area contributed by atoms with E-state index in [0.717, 1.165) is 4.13 Å². The van der Waals surface area contributed by atoms with Gasteiger partial charge in [-0.05, 0) is 7.05 Å². The van der Waals surface area contributed by atoms with Crippen LogP contribution in [0.15, 0.2) is 0 Å². The van der Waals surface area contributed by atoms with Crippen molar-refractivity contribution in [1.82, 2.24) is 4.90 Å². The number of hydrogen-bond donors (Lipinski definition) is 1. The van der Waals surface area contributed by atoms with Gasteiger partial charge in [0.1, 0.15) is 0 Å². The van der Waals surface area contributed by atoms with E-state index in [9.17, 15) is 43.2 Å². The van der Waals surface area contributed by atoms with Gasteiger partial charge in [0, 0.05) is 13.1 Å². The minimum atomic E-state index is -6.72. The lowest BCUT2D eigenvalue weighted by Gasteiger charge is -2.26. The Hall–Kier alpha value is -0.640. The lowest BCUT2D eigenvalue weighted by Crippen LogP contribution is -3.11. The third-order valence-corrected chi connectivity index (χ3v) is 5.36. The number of quaternary nitrogens is 1. The fraction of sp³-hybridized carbons (Fsp3) is 1.00. The summed E-state index contributed by atoms with van der Waals surface area (Å²) in [6, 6.07) is 0. The van der Waals surface area contributed by atoms with E-state index in [4.69, 9.17) is 0 Å². The Kier molecular flexibility index (Phi) is 7.29. The summed E-state index contributed by atoms with van der Waals surface area (Å²) in [4.78, 5) is 4.05. The van der Waals surface area contributed by atoms with Crippen LogP contribution in [0.5, 0.6) is 0 Å². The van der Waals surface area contributed by atoms with Crippen LogP contribution in [0.1, 0.15) is 0 Å². The van der Waals surface area contributed by atoms with Gasteiger partial charge in [0.15, 0.2) is 20.0 Å². The number of sulfonamides is 2. The first-order valence-electron chi connectivity index (χ1n) is 5.86. The minimum absolute atomic E-state index is 0.778. The van der Waals surface area contributed by atoms with Crippen molar-refractivity contribution in [2.75, 3.05) is 40.3 Å². The second-order valence-corrected chi connectivity index (χ2v) is 8.10. The molecule has 0 amide bonds. The van der Waals surface area contributed by atoms with Crippen LogP contribution in [0.3, 0.4) is 0 Å². The van der Waals surface area contributed by atoms with E-state index >= 15 is 0 Å². The summed E-state index contributed by atoms with van der Waals surface area (Å²) in [6.45, 7) is 5.17. The topological polar surface area (TPSA) is 90.1 Å². The lowest BCUT2D eigenvalue weighted by atomic mass is 10.4. The molecule has 0 aromatic carbocycles. The van der Waals surface area contributed by atoms with Gasteiger partial charge in [-0.25, -0.2) is 16.8 Å². The molecule has 1 aliphatic rings. The number of rotatable bonds is 2. The molecule has 7 nitrogen and oxygen atoms in total. The van der Waals surface area contributed by atoms with Crippen molar-refractivity contribution in [1.29, 1.82) is 0 Å². The quantitative estimate of drug-likeness (QED) is 0.637. The van der Waals surface area contributed by atoms with Gasteiger partial charge in [0.2, 0.25) is 0 Å². The highest BCUT2D eigenvalue weighted by Crippen LogP contribution is 2.36. The Morgan fingerprint density at radius 1 is 0.870 bits per heavy atom. The molecule has 0 radical (unpaired) electrons. The molecule has 0 unspecified atom stereocenters. The molecule has 140 valence electrons. The van der Waals surface area contributed by atoms with E-state index in [1.807, 2.05) is 0 Å². The molecular weight excluding hydrogens is 380 g/mol. The first-order chi connectivity index (χ1) is 9.99. The molecule has 15 heteroatoms. The summed E-state index contributed by atoms with van der Waals surface area (Å²) >= 11 is 0. The van der Waals surface area contributed by atoms with Crippen molar-refractivity contribution in [3.05, 3.63) is 4.13 Å². The van der Waals surface area contributed by atoms with E-state index < -0.39 is 31.1 Å². The summed E-state index contributed by atoms with van der Waals surface area (Å²) in [7, 11) is -9.00. The molecule has 1 aliphatic heterocycles. The van der Waals surface area contributed by atoms with E-state index in [0.29, 0.717) is 0 Å². The van der Waals surface area contributed by atoms with Crippen LogP contribution in [0.25, 0.3) is 4.13 Å². The minimum Gasteiger partial charge on any atom is -0.421 e. The van der Waals surface area contributed by atoms with Gasteiger partial charge < -0.3 is 9.03 Å². The fourth-order valence-electron chi connectivity index (χ4n) is 1.21. The Balaban J connectivity index is 0.000000502. The van der Waals surface area contributed by atoms with Crippen LogP contribution in [0.2, 0.25) is 0 Å². The molecule has 1 saturated heterocycles. The predicted molar refractivity (Wildman–Crippen MR) is 67.4 cm³/mol. The molecule has 0 saturated carbocycles. The smallest absolute Gasteiger partial charge is 0.421 e. The van der Waals surface area contributed by atoms with Crippen molar-refractivity contribution >= 4 is 20.0 Å². The van der Waals surface area contributed by atoms with Crippen LogP contribution in [0.4, 0.5) is 26.3 Å². The highest BCUT2D eigenvalue weighted by Gasteiger charge is 2.46. The van der Waals surface area contributed by atoms with Crippen LogP contribution >= 0.6 is 0 Å². The Labute approximate surface area is 129 Å². The monoisotopic (exact) mass is 395 g/mol. The number of alkyl halides is 6. The van der Waals surface area contributed by atoms with Crippen molar-refractivity contribution in [3.63, 3.8) is 0 Å². The molecule has 1 fully saturated rings. The summed E-state index contributed by atoms with van der Waals surface area (Å²) < 4.78 is 109. The second-order valence-electron chi connectivity index (χ2n) is 4.68. The van der Waals surface area contributed by atoms with E-state index in [-0.39, 0.29) is 0 Å². The van der Waals surface area contributed by atoms with Gasteiger partial charge in [-0.3, -0.25) is 4.90 Å². The number of nitrogens with one attached hydrogen (secondary N) is 1. The Bertz CT molecular complexity index is 526. The second kappa shape index (κ2) is 7.50. The lowest BCUT2D eigenvalue weighted by molar-refractivity contribution is -0.884. The first kappa shape index (κ1) is 22.4. The Morgan fingerprint density at radius 3 is 1.39 bits per heavy atom. The molecule has 1 N–H and O–H groups in total. The average Bonchev–Trinajstić information content (AvgIpc) is 2.29. The molecule has 0 atom stereocenters. The summed E-state index contributed by atoms with van der Waals surface area (Å²) in [5, 5.41) is 0. The van der Waals surface area contributed by atoms with Gasteiger partial charge in [0.05, 0.1) is 20.1 Å². The van der Waals surface area contributed by atoms with Gasteiger partial charge in [0.25, 0.3) is 0 Å². The van der Waals surface area contributed by atoms with Crippen LogP contribution in [-0.4, -0.2) is 73.0 Å². The van der Waals surface area contributed by atoms with Crippen molar-refractivity contribution < 1.29 is 48.1 Å². The molecule has 0 bridgehead atoms.